The molecule has 2 amide bonds. The Bertz CT molecular complexity index is 1320. The van der Waals surface area contributed by atoms with Crippen LogP contribution < -0.4 is 20.1 Å². The first-order valence-electron chi connectivity index (χ1n) is 13.7. The molecule has 2 aromatic carbocycles. The summed E-state index contributed by atoms with van der Waals surface area (Å²) >= 11 is 7.40. The zero-order valence-corrected chi connectivity index (χ0v) is 24.3. The predicted molar refractivity (Wildman–Crippen MR) is 161 cm³/mol. The number of rotatable bonds is 11. The number of hydrogen-bond acceptors (Lipinski definition) is 7. The van der Waals surface area contributed by atoms with E-state index in [2.05, 4.69) is 20.4 Å². The number of halogens is 1. The normalized spacial score (nSPS) is 15.8. The van der Waals surface area contributed by atoms with Crippen molar-refractivity contribution in [2.45, 2.75) is 25.7 Å². The molecule has 2 fully saturated rings. The summed E-state index contributed by atoms with van der Waals surface area (Å²) in [4.78, 5) is 32.2. The van der Waals surface area contributed by atoms with Crippen LogP contribution in [-0.2, 0) is 4.79 Å². The van der Waals surface area contributed by atoms with E-state index in [0.717, 1.165) is 56.0 Å². The zero-order valence-electron chi connectivity index (χ0n) is 22.7. The van der Waals surface area contributed by atoms with Crippen LogP contribution in [0.25, 0.3) is 10.4 Å². The Morgan fingerprint density at radius 2 is 1.60 bits per heavy atom. The molecule has 0 saturated carbocycles. The fourth-order valence-electron chi connectivity index (χ4n) is 5.09. The Balaban J connectivity index is 1.30. The number of thiophene rings is 1. The van der Waals surface area contributed by atoms with E-state index in [1.807, 2.05) is 36.4 Å². The SMILES string of the molecule is COc1cc(NC(=O)c2sc(-c3ccc(Cl)cc3)cc2NC(=O)CN2CCCC2)ccc1OCCN1CCCC1. The molecule has 0 unspecified atom stereocenters. The van der Waals surface area contributed by atoms with Crippen molar-refractivity contribution in [1.29, 1.82) is 0 Å². The maximum absolute atomic E-state index is 13.5. The van der Waals surface area contributed by atoms with E-state index in [4.69, 9.17) is 21.1 Å². The number of likely N-dealkylation sites (tertiary alicyclic amines) is 2. The lowest BCUT2D eigenvalue weighted by Gasteiger charge is -2.17. The van der Waals surface area contributed by atoms with E-state index in [0.29, 0.717) is 45.9 Å². The summed E-state index contributed by atoms with van der Waals surface area (Å²) < 4.78 is 11.5. The van der Waals surface area contributed by atoms with Gasteiger partial charge >= 0.3 is 0 Å². The average molecular weight is 583 g/mol. The van der Waals surface area contributed by atoms with Crippen LogP contribution in [0, 0.1) is 0 Å². The van der Waals surface area contributed by atoms with Gasteiger partial charge < -0.3 is 20.1 Å². The van der Waals surface area contributed by atoms with E-state index in [1.165, 1.54) is 24.2 Å². The van der Waals surface area contributed by atoms with Crippen molar-refractivity contribution < 1.29 is 19.1 Å². The van der Waals surface area contributed by atoms with Crippen LogP contribution in [0.3, 0.4) is 0 Å². The standard InChI is InChI=1S/C30H35ClN4O4S/c1-38-26-18-23(10-11-25(26)39-17-16-34-12-2-3-13-34)32-30(37)29-24(33-28(36)20-35-14-4-5-15-35)19-27(40-29)21-6-8-22(31)9-7-21/h6-11,18-19H,2-5,12-17,20H2,1H3,(H,32,37)(H,33,36). The average Bonchev–Trinajstić information content (AvgIpc) is 3.73. The van der Waals surface area contributed by atoms with Crippen LogP contribution in [-0.4, -0.2) is 74.6 Å². The van der Waals surface area contributed by atoms with Crippen LogP contribution in [0.15, 0.2) is 48.5 Å². The van der Waals surface area contributed by atoms with Crippen molar-refractivity contribution in [3.05, 3.63) is 58.4 Å². The van der Waals surface area contributed by atoms with Gasteiger partial charge in [0.1, 0.15) is 11.5 Å². The molecule has 40 heavy (non-hydrogen) atoms. The number of carbonyl (C=O) groups is 2. The number of amides is 2. The van der Waals surface area contributed by atoms with Gasteiger partial charge in [-0.15, -0.1) is 11.3 Å². The van der Waals surface area contributed by atoms with Crippen LogP contribution in [0.5, 0.6) is 11.5 Å². The lowest BCUT2D eigenvalue weighted by atomic mass is 10.2. The number of benzene rings is 2. The highest BCUT2D eigenvalue weighted by Gasteiger charge is 2.22. The fourth-order valence-corrected chi connectivity index (χ4v) is 6.23. The molecule has 0 aliphatic carbocycles. The molecule has 2 saturated heterocycles. The van der Waals surface area contributed by atoms with Gasteiger partial charge in [-0.3, -0.25) is 19.4 Å². The van der Waals surface area contributed by atoms with E-state index in [-0.39, 0.29) is 11.8 Å². The second-order valence-corrected chi connectivity index (χ2v) is 11.6. The number of hydrogen-bond donors (Lipinski definition) is 2. The maximum Gasteiger partial charge on any atom is 0.267 e. The highest BCUT2D eigenvalue weighted by atomic mass is 35.5. The minimum atomic E-state index is -0.313. The molecule has 2 N–H and O–H groups in total. The molecule has 0 bridgehead atoms. The van der Waals surface area contributed by atoms with Gasteiger partial charge in [0.25, 0.3) is 5.91 Å². The molecule has 5 rings (SSSR count). The zero-order chi connectivity index (χ0) is 27.9. The van der Waals surface area contributed by atoms with Gasteiger partial charge in [-0.2, -0.15) is 0 Å². The van der Waals surface area contributed by atoms with E-state index < -0.39 is 0 Å². The van der Waals surface area contributed by atoms with E-state index in [1.54, 1.807) is 19.2 Å². The Kier molecular flexibility index (Phi) is 9.59. The molecule has 2 aliphatic heterocycles. The van der Waals surface area contributed by atoms with Gasteiger partial charge in [-0.1, -0.05) is 23.7 Å². The van der Waals surface area contributed by atoms with Gasteiger partial charge in [0.15, 0.2) is 11.5 Å². The molecular weight excluding hydrogens is 548 g/mol. The second-order valence-electron chi connectivity index (χ2n) is 10.1. The second kappa shape index (κ2) is 13.5. The number of ether oxygens (including phenoxy) is 2. The molecule has 0 atom stereocenters. The van der Waals surface area contributed by atoms with Crippen LogP contribution >= 0.6 is 22.9 Å². The van der Waals surface area contributed by atoms with Gasteiger partial charge in [0.05, 0.1) is 19.3 Å². The third-order valence-electron chi connectivity index (χ3n) is 7.19. The summed E-state index contributed by atoms with van der Waals surface area (Å²) in [5.74, 6) is 0.738. The monoisotopic (exact) mass is 582 g/mol. The summed E-state index contributed by atoms with van der Waals surface area (Å²) in [6, 6.07) is 14.6. The summed E-state index contributed by atoms with van der Waals surface area (Å²) in [7, 11) is 1.58. The van der Waals surface area contributed by atoms with Crippen molar-refractivity contribution in [3.8, 4) is 21.9 Å². The molecule has 8 nitrogen and oxygen atoms in total. The van der Waals surface area contributed by atoms with Gasteiger partial charge in [-0.05, 0) is 87.8 Å². The Morgan fingerprint density at radius 3 is 2.30 bits per heavy atom. The largest absolute Gasteiger partial charge is 0.493 e. The topological polar surface area (TPSA) is 83.1 Å². The summed E-state index contributed by atoms with van der Waals surface area (Å²) in [6.45, 7) is 5.83. The Morgan fingerprint density at radius 1 is 0.900 bits per heavy atom. The third kappa shape index (κ3) is 7.34. The van der Waals surface area contributed by atoms with E-state index >= 15 is 0 Å². The van der Waals surface area contributed by atoms with Gasteiger partial charge in [0.2, 0.25) is 5.91 Å². The smallest absolute Gasteiger partial charge is 0.267 e. The molecule has 10 heteroatoms. The van der Waals surface area contributed by atoms with Crippen molar-refractivity contribution >= 4 is 46.1 Å². The molecule has 212 valence electrons. The Hall–Kier alpha value is -3.11. The Labute approximate surface area is 244 Å². The highest BCUT2D eigenvalue weighted by molar-refractivity contribution is 7.18. The number of carbonyl (C=O) groups excluding carboxylic acids is 2. The number of nitrogens with one attached hydrogen (secondary N) is 2. The quantitative estimate of drug-likeness (QED) is 0.296. The van der Waals surface area contributed by atoms with Gasteiger partial charge in [0, 0.05) is 28.2 Å². The molecule has 0 spiro atoms. The number of nitrogens with zero attached hydrogens (tertiary/aromatic N) is 2. The van der Waals surface area contributed by atoms with Crippen LogP contribution in [0.1, 0.15) is 35.4 Å². The highest BCUT2D eigenvalue weighted by Crippen LogP contribution is 2.37. The first-order valence-corrected chi connectivity index (χ1v) is 14.9. The van der Waals surface area contributed by atoms with Crippen LogP contribution in [0.4, 0.5) is 11.4 Å². The van der Waals surface area contributed by atoms with Crippen molar-refractivity contribution in [3.63, 3.8) is 0 Å². The molecule has 3 heterocycles. The minimum Gasteiger partial charge on any atom is -0.493 e. The first kappa shape index (κ1) is 28.4. The number of methoxy groups -OCH3 is 1. The van der Waals surface area contributed by atoms with Crippen molar-refractivity contribution in [1.82, 2.24) is 9.80 Å². The third-order valence-corrected chi connectivity index (χ3v) is 8.63. The summed E-state index contributed by atoms with van der Waals surface area (Å²) in [6.07, 6.45) is 4.69. The molecule has 2 aliphatic rings. The lowest BCUT2D eigenvalue weighted by Crippen LogP contribution is -2.31. The summed E-state index contributed by atoms with van der Waals surface area (Å²) in [5, 5.41) is 6.58. The van der Waals surface area contributed by atoms with Crippen molar-refractivity contribution in [2.75, 3.05) is 63.6 Å². The molecule has 1 aromatic heterocycles. The van der Waals surface area contributed by atoms with Crippen molar-refractivity contribution in [2.24, 2.45) is 0 Å². The number of anilines is 2. The lowest BCUT2D eigenvalue weighted by molar-refractivity contribution is -0.117. The molecular formula is C30H35ClN4O4S. The van der Waals surface area contributed by atoms with E-state index in [9.17, 15) is 9.59 Å². The van der Waals surface area contributed by atoms with Gasteiger partial charge in [-0.25, -0.2) is 0 Å². The fraction of sp³-hybridized carbons (Fsp3) is 0.400. The minimum absolute atomic E-state index is 0.131. The summed E-state index contributed by atoms with van der Waals surface area (Å²) in [5.41, 5.74) is 1.98. The van der Waals surface area contributed by atoms with Crippen LogP contribution in [0.2, 0.25) is 5.02 Å². The molecule has 0 radical (unpaired) electrons. The molecule has 3 aromatic rings. The first-order chi connectivity index (χ1) is 19.5. The predicted octanol–water partition coefficient (Wildman–Crippen LogP) is 5.84. The maximum atomic E-state index is 13.5.